The van der Waals surface area contributed by atoms with Crippen LogP contribution in [0.5, 0.6) is 0 Å². The van der Waals surface area contributed by atoms with E-state index in [2.05, 4.69) is 15.3 Å². The van der Waals surface area contributed by atoms with E-state index in [1.807, 2.05) is 24.0 Å². The standard InChI is InChI=1S/C20H21FN6O/c1-13-8-23-6-4-18(13)27-12-17(22)16(20(27)28)10-24-15-2-3-19(25-9-15)26-7-5-14(21)11-26/h2-4,6,8-10,14,22,24H,5,7,11-12H2,1H3/b16-10+,22-17?/t14-/m0/s1. The van der Waals surface area contributed by atoms with E-state index in [1.54, 1.807) is 35.8 Å². The molecule has 0 unspecified atom stereocenters. The Bertz CT molecular complexity index is 942. The fraction of sp³-hybridized carbons (Fsp3) is 0.300. The van der Waals surface area contributed by atoms with Crippen molar-refractivity contribution in [2.45, 2.75) is 19.5 Å². The summed E-state index contributed by atoms with van der Waals surface area (Å²) in [5.74, 6) is 0.518. The highest BCUT2D eigenvalue weighted by atomic mass is 19.1. The third-order valence-electron chi connectivity index (χ3n) is 4.98. The van der Waals surface area contributed by atoms with Gasteiger partial charge in [-0.15, -0.1) is 0 Å². The Morgan fingerprint density at radius 2 is 2.18 bits per heavy atom. The first kappa shape index (κ1) is 18.1. The summed E-state index contributed by atoms with van der Waals surface area (Å²) in [6.07, 6.45) is 6.27. The lowest BCUT2D eigenvalue weighted by Crippen LogP contribution is -2.25. The highest BCUT2D eigenvalue weighted by Gasteiger charge is 2.32. The van der Waals surface area contributed by atoms with Gasteiger partial charge in [-0.25, -0.2) is 9.37 Å². The van der Waals surface area contributed by atoms with Crippen LogP contribution in [0.2, 0.25) is 0 Å². The number of rotatable bonds is 4. The minimum absolute atomic E-state index is 0.220. The number of aromatic nitrogens is 2. The quantitative estimate of drug-likeness (QED) is 0.797. The van der Waals surface area contributed by atoms with Gasteiger partial charge in [-0.2, -0.15) is 0 Å². The number of nitrogens with zero attached hydrogens (tertiary/aromatic N) is 4. The molecule has 4 heterocycles. The Labute approximate surface area is 162 Å². The zero-order valence-corrected chi connectivity index (χ0v) is 15.5. The molecule has 0 saturated carbocycles. The first-order valence-corrected chi connectivity index (χ1v) is 9.15. The average Bonchev–Trinajstić information content (AvgIpc) is 3.24. The average molecular weight is 380 g/mol. The number of hydrogen-bond donors (Lipinski definition) is 2. The number of alkyl halides is 1. The van der Waals surface area contributed by atoms with Gasteiger partial charge < -0.3 is 20.5 Å². The Balaban J connectivity index is 1.46. The summed E-state index contributed by atoms with van der Waals surface area (Å²) in [6, 6.07) is 5.44. The van der Waals surface area contributed by atoms with Crippen LogP contribution in [0.3, 0.4) is 0 Å². The Hall–Kier alpha value is -3.29. The molecule has 4 rings (SSSR count). The van der Waals surface area contributed by atoms with Gasteiger partial charge in [0, 0.05) is 25.1 Å². The zero-order valence-electron chi connectivity index (χ0n) is 15.5. The third-order valence-corrected chi connectivity index (χ3v) is 4.98. The molecule has 2 N–H and O–H groups in total. The van der Waals surface area contributed by atoms with Gasteiger partial charge in [0.2, 0.25) is 0 Å². The number of amides is 1. The van der Waals surface area contributed by atoms with E-state index in [1.165, 1.54) is 0 Å². The molecule has 0 bridgehead atoms. The van der Waals surface area contributed by atoms with Gasteiger partial charge >= 0.3 is 0 Å². The minimum Gasteiger partial charge on any atom is -0.360 e. The van der Waals surface area contributed by atoms with Gasteiger partial charge in [0.25, 0.3) is 5.91 Å². The lowest BCUT2D eigenvalue weighted by Gasteiger charge is -2.17. The SMILES string of the molecule is Cc1cnccc1N1CC(=N)/C(=C\Nc2ccc(N3CC[C@H](F)C3)nc2)C1=O. The van der Waals surface area contributed by atoms with E-state index in [4.69, 9.17) is 5.41 Å². The molecule has 144 valence electrons. The second kappa shape index (κ2) is 7.38. The van der Waals surface area contributed by atoms with Crippen LogP contribution in [0.15, 0.2) is 48.6 Å². The second-order valence-electron chi connectivity index (χ2n) is 6.97. The largest absolute Gasteiger partial charge is 0.360 e. The van der Waals surface area contributed by atoms with Crippen LogP contribution in [0.4, 0.5) is 21.6 Å². The molecule has 2 aromatic heterocycles. The molecule has 2 aliphatic rings. The van der Waals surface area contributed by atoms with Crippen molar-refractivity contribution in [1.82, 2.24) is 9.97 Å². The van der Waals surface area contributed by atoms with Gasteiger partial charge in [0.1, 0.15) is 12.0 Å². The summed E-state index contributed by atoms with van der Waals surface area (Å²) < 4.78 is 13.3. The van der Waals surface area contributed by atoms with E-state index in [-0.39, 0.29) is 18.2 Å². The number of aryl methyl sites for hydroxylation is 1. The van der Waals surface area contributed by atoms with Crippen molar-refractivity contribution in [3.05, 3.63) is 54.1 Å². The number of hydrogen-bond acceptors (Lipinski definition) is 6. The molecular formula is C20H21FN6O. The van der Waals surface area contributed by atoms with E-state index in [0.29, 0.717) is 30.8 Å². The predicted octanol–water partition coefficient (Wildman–Crippen LogP) is 2.70. The Kier molecular flexibility index (Phi) is 4.77. The van der Waals surface area contributed by atoms with Crippen molar-refractivity contribution in [1.29, 1.82) is 5.41 Å². The van der Waals surface area contributed by atoms with Crippen LogP contribution in [0.1, 0.15) is 12.0 Å². The van der Waals surface area contributed by atoms with Crippen LogP contribution < -0.4 is 15.1 Å². The smallest absolute Gasteiger partial charge is 0.262 e. The van der Waals surface area contributed by atoms with E-state index in [0.717, 1.165) is 17.1 Å². The van der Waals surface area contributed by atoms with Crippen molar-refractivity contribution in [3.8, 4) is 0 Å². The molecule has 0 aliphatic carbocycles. The lowest BCUT2D eigenvalue weighted by molar-refractivity contribution is -0.114. The minimum atomic E-state index is -0.796. The van der Waals surface area contributed by atoms with E-state index >= 15 is 0 Å². The van der Waals surface area contributed by atoms with Crippen LogP contribution in [-0.2, 0) is 4.79 Å². The molecule has 2 fully saturated rings. The lowest BCUT2D eigenvalue weighted by atomic mass is 10.2. The molecule has 2 aromatic rings. The molecule has 0 aromatic carbocycles. The first-order valence-electron chi connectivity index (χ1n) is 9.15. The van der Waals surface area contributed by atoms with Crippen molar-refractivity contribution in [2.24, 2.45) is 0 Å². The maximum atomic E-state index is 13.3. The third kappa shape index (κ3) is 3.45. The molecule has 8 heteroatoms. The van der Waals surface area contributed by atoms with Gasteiger partial charge in [0.15, 0.2) is 0 Å². The summed E-state index contributed by atoms with van der Waals surface area (Å²) in [5.41, 5.74) is 2.92. The number of anilines is 3. The van der Waals surface area contributed by atoms with E-state index in [9.17, 15) is 9.18 Å². The van der Waals surface area contributed by atoms with Crippen molar-refractivity contribution < 1.29 is 9.18 Å². The normalized spacial score (nSPS) is 21.1. The van der Waals surface area contributed by atoms with Crippen LogP contribution >= 0.6 is 0 Å². The maximum Gasteiger partial charge on any atom is 0.262 e. The summed E-state index contributed by atoms with van der Waals surface area (Å²) in [7, 11) is 0. The summed E-state index contributed by atoms with van der Waals surface area (Å²) in [6.45, 7) is 3.16. The molecule has 2 aliphatic heterocycles. The summed E-state index contributed by atoms with van der Waals surface area (Å²) >= 11 is 0. The fourth-order valence-corrected chi connectivity index (χ4v) is 3.44. The first-order chi connectivity index (χ1) is 13.5. The molecule has 0 radical (unpaired) electrons. The number of carbonyl (C=O) groups excluding carboxylic acids is 1. The molecule has 28 heavy (non-hydrogen) atoms. The number of pyridine rings is 2. The molecule has 2 saturated heterocycles. The van der Waals surface area contributed by atoms with Crippen molar-refractivity contribution in [2.75, 3.05) is 34.8 Å². The Morgan fingerprint density at radius 3 is 2.86 bits per heavy atom. The highest BCUT2D eigenvalue weighted by Crippen LogP contribution is 2.26. The van der Waals surface area contributed by atoms with Gasteiger partial charge in [-0.05, 0) is 37.1 Å². The number of nitrogens with one attached hydrogen (secondary N) is 2. The predicted molar refractivity (Wildman–Crippen MR) is 107 cm³/mol. The summed E-state index contributed by atoms with van der Waals surface area (Å²) in [4.78, 5) is 24.6. The van der Waals surface area contributed by atoms with Gasteiger partial charge in [-0.3, -0.25) is 9.78 Å². The molecule has 1 atom stereocenters. The monoisotopic (exact) mass is 380 g/mol. The van der Waals surface area contributed by atoms with Crippen LogP contribution in [0, 0.1) is 12.3 Å². The van der Waals surface area contributed by atoms with E-state index < -0.39 is 6.17 Å². The number of carbonyl (C=O) groups is 1. The molecule has 7 nitrogen and oxygen atoms in total. The second-order valence-corrected chi connectivity index (χ2v) is 6.97. The van der Waals surface area contributed by atoms with Gasteiger partial charge in [0.05, 0.1) is 41.9 Å². The van der Waals surface area contributed by atoms with Crippen LogP contribution in [-0.4, -0.2) is 47.4 Å². The maximum absolute atomic E-state index is 13.3. The van der Waals surface area contributed by atoms with Crippen molar-refractivity contribution in [3.63, 3.8) is 0 Å². The molecular weight excluding hydrogens is 359 g/mol. The molecule has 1 amide bonds. The van der Waals surface area contributed by atoms with Crippen LogP contribution in [0.25, 0.3) is 0 Å². The van der Waals surface area contributed by atoms with Crippen molar-refractivity contribution >= 4 is 28.8 Å². The highest BCUT2D eigenvalue weighted by molar-refractivity contribution is 6.33. The van der Waals surface area contributed by atoms with Gasteiger partial charge in [-0.1, -0.05) is 0 Å². The fourth-order valence-electron chi connectivity index (χ4n) is 3.44. The zero-order chi connectivity index (χ0) is 19.7. The summed E-state index contributed by atoms with van der Waals surface area (Å²) in [5, 5.41) is 11.2. The number of halogens is 1. The Morgan fingerprint density at radius 1 is 1.32 bits per heavy atom. The molecule has 0 spiro atoms. The topological polar surface area (TPSA) is 85.2 Å².